The van der Waals surface area contributed by atoms with Crippen molar-refractivity contribution in [2.45, 2.75) is 51.3 Å². The number of carbonyl (C=O) groups excluding carboxylic acids is 1. The summed E-state index contributed by atoms with van der Waals surface area (Å²) >= 11 is 0. The van der Waals surface area contributed by atoms with Gasteiger partial charge in [-0.1, -0.05) is 56.5 Å². The first-order chi connectivity index (χ1) is 16.3. The van der Waals surface area contributed by atoms with Crippen molar-refractivity contribution in [2.24, 2.45) is 0 Å². The van der Waals surface area contributed by atoms with E-state index in [0.717, 1.165) is 36.8 Å². The number of hydrogen-bond acceptors (Lipinski definition) is 4. The highest BCUT2D eigenvalue weighted by Gasteiger charge is 2.17. The maximum atomic E-state index is 12.9. The van der Waals surface area contributed by atoms with Gasteiger partial charge in [-0.15, -0.1) is 0 Å². The van der Waals surface area contributed by atoms with Gasteiger partial charge < -0.3 is 10.1 Å². The number of rotatable bonds is 11. The second kappa shape index (κ2) is 11.7. The van der Waals surface area contributed by atoms with Gasteiger partial charge >= 0.3 is 0 Å². The van der Waals surface area contributed by atoms with Crippen molar-refractivity contribution < 1.29 is 17.9 Å². The second-order valence-electron chi connectivity index (χ2n) is 8.26. The summed E-state index contributed by atoms with van der Waals surface area (Å²) in [6, 6.07) is 18.8. The normalized spacial score (nSPS) is 11.1. The molecule has 3 aromatic rings. The molecule has 7 heteroatoms. The molecule has 0 aliphatic carbocycles. The van der Waals surface area contributed by atoms with Crippen molar-refractivity contribution in [1.29, 1.82) is 0 Å². The molecule has 0 saturated heterocycles. The van der Waals surface area contributed by atoms with Gasteiger partial charge in [-0.25, -0.2) is 8.42 Å². The molecule has 3 rings (SSSR count). The number of nitrogens with one attached hydrogen (secondary N) is 2. The van der Waals surface area contributed by atoms with Crippen LogP contribution in [0.1, 0.15) is 54.1 Å². The van der Waals surface area contributed by atoms with Gasteiger partial charge in [-0.3, -0.25) is 9.52 Å². The maximum Gasteiger partial charge on any atom is 0.261 e. The van der Waals surface area contributed by atoms with E-state index in [-0.39, 0.29) is 10.8 Å². The van der Waals surface area contributed by atoms with Crippen molar-refractivity contribution in [3.8, 4) is 5.75 Å². The summed E-state index contributed by atoms with van der Waals surface area (Å²) in [5, 5.41) is 2.82. The Morgan fingerprint density at radius 1 is 0.853 bits per heavy atom. The van der Waals surface area contributed by atoms with E-state index >= 15 is 0 Å². The van der Waals surface area contributed by atoms with Crippen LogP contribution in [0.2, 0.25) is 0 Å². The quantitative estimate of drug-likeness (QED) is 0.315. The first kappa shape index (κ1) is 25.3. The van der Waals surface area contributed by atoms with Gasteiger partial charge in [-0.05, 0) is 67.8 Å². The first-order valence-electron chi connectivity index (χ1n) is 11.5. The fourth-order valence-electron chi connectivity index (χ4n) is 3.58. The van der Waals surface area contributed by atoms with Crippen molar-refractivity contribution in [2.75, 3.05) is 16.6 Å². The molecule has 0 aromatic heterocycles. The molecule has 0 fully saturated rings. The Morgan fingerprint density at radius 2 is 1.53 bits per heavy atom. The van der Waals surface area contributed by atoms with Crippen LogP contribution in [0.15, 0.2) is 71.6 Å². The van der Waals surface area contributed by atoms with E-state index < -0.39 is 10.0 Å². The minimum Gasteiger partial charge on any atom is -0.493 e. The predicted octanol–water partition coefficient (Wildman–Crippen LogP) is 6.32. The third-order valence-electron chi connectivity index (χ3n) is 5.53. The Morgan fingerprint density at radius 3 is 2.21 bits per heavy atom. The molecule has 3 aromatic carbocycles. The third kappa shape index (κ3) is 6.60. The minimum absolute atomic E-state index is 0.115. The molecule has 0 atom stereocenters. The van der Waals surface area contributed by atoms with Crippen LogP contribution < -0.4 is 14.8 Å². The standard InChI is InChI=1S/C27H32N2O4S/c1-4-5-6-9-19-33-25-14-8-7-13-24(25)27(30)28-22-15-17-23(18-16-22)34(31,32)29-26-20(2)11-10-12-21(26)3/h7-8,10-18,29H,4-6,9,19H2,1-3H3,(H,28,30). The first-order valence-corrected chi connectivity index (χ1v) is 13.0. The Bertz CT molecular complexity index is 1200. The molecule has 0 heterocycles. The fourth-order valence-corrected chi connectivity index (χ4v) is 4.78. The van der Waals surface area contributed by atoms with Crippen molar-refractivity contribution in [3.63, 3.8) is 0 Å². The lowest BCUT2D eigenvalue weighted by atomic mass is 10.1. The zero-order chi connectivity index (χ0) is 24.6. The lowest BCUT2D eigenvalue weighted by Gasteiger charge is -2.14. The second-order valence-corrected chi connectivity index (χ2v) is 9.94. The van der Waals surface area contributed by atoms with Gasteiger partial charge in [-0.2, -0.15) is 0 Å². The highest BCUT2D eigenvalue weighted by atomic mass is 32.2. The summed E-state index contributed by atoms with van der Waals surface area (Å²) in [5.41, 5.74) is 3.20. The molecule has 0 aliphatic rings. The van der Waals surface area contributed by atoms with Crippen LogP contribution in [0, 0.1) is 13.8 Å². The molecular weight excluding hydrogens is 448 g/mol. The van der Waals surface area contributed by atoms with Crippen molar-refractivity contribution in [1.82, 2.24) is 0 Å². The van der Waals surface area contributed by atoms with E-state index in [4.69, 9.17) is 4.74 Å². The smallest absolute Gasteiger partial charge is 0.261 e. The van der Waals surface area contributed by atoms with E-state index in [1.165, 1.54) is 12.1 Å². The molecule has 0 unspecified atom stereocenters. The average molecular weight is 481 g/mol. The SMILES string of the molecule is CCCCCCOc1ccccc1C(=O)Nc1ccc(S(=O)(=O)Nc2c(C)cccc2C)cc1. The monoisotopic (exact) mass is 480 g/mol. The number of amides is 1. The zero-order valence-corrected chi connectivity index (χ0v) is 20.7. The number of para-hydroxylation sites is 2. The number of ether oxygens (including phenoxy) is 1. The van der Waals surface area contributed by atoms with Crippen molar-refractivity contribution in [3.05, 3.63) is 83.4 Å². The maximum absolute atomic E-state index is 12.9. The lowest BCUT2D eigenvalue weighted by molar-refractivity contribution is 0.102. The van der Waals surface area contributed by atoms with E-state index in [0.29, 0.717) is 29.3 Å². The molecule has 0 spiro atoms. The summed E-state index contributed by atoms with van der Waals surface area (Å²) in [5.74, 6) is 0.224. The van der Waals surface area contributed by atoms with E-state index in [1.807, 2.05) is 38.1 Å². The summed E-state index contributed by atoms with van der Waals surface area (Å²) in [6.45, 7) is 6.43. The molecule has 180 valence electrons. The molecule has 34 heavy (non-hydrogen) atoms. The number of carbonyl (C=O) groups is 1. The van der Waals surface area contributed by atoms with Crippen LogP contribution in [0.25, 0.3) is 0 Å². The molecule has 6 nitrogen and oxygen atoms in total. The zero-order valence-electron chi connectivity index (χ0n) is 19.9. The van der Waals surface area contributed by atoms with E-state index in [1.54, 1.807) is 30.3 Å². The van der Waals surface area contributed by atoms with Crippen LogP contribution in [0.3, 0.4) is 0 Å². The number of unbranched alkanes of at least 4 members (excludes halogenated alkanes) is 3. The molecule has 0 aliphatic heterocycles. The van der Waals surface area contributed by atoms with Crippen LogP contribution in [0.5, 0.6) is 5.75 Å². The van der Waals surface area contributed by atoms with Gasteiger partial charge in [0.25, 0.3) is 15.9 Å². The van der Waals surface area contributed by atoms with Crippen LogP contribution in [-0.2, 0) is 10.0 Å². The van der Waals surface area contributed by atoms with Gasteiger partial charge in [0.05, 0.1) is 22.8 Å². The Labute approximate surface area is 202 Å². The van der Waals surface area contributed by atoms with Gasteiger partial charge in [0.1, 0.15) is 5.75 Å². The number of anilines is 2. The van der Waals surface area contributed by atoms with Gasteiger partial charge in [0.15, 0.2) is 0 Å². The highest BCUT2D eigenvalue weighted by molar-refractivity contribution is 7.92. The topological polar surface area (TPSA) is 84.5 Å². The molecule has 1 amide bonds. The van der Waals surface area contributed by atoms with E-state index in [2.05, 4.69) is 17.0 Å². The molecular formula is C27H32N2O4S. The lowest BCUT2D eigenvalue weighted by Crippen LogP contribution is -2.16. The Balaban J connectivity index is 1.67. The van der Waals surface area contributed by atoms with Crippen LogP contribution >= 0.6 is 0 Å². The molecule has 0 radical (unpaired) electrons. The van der Waals surface area contributed by atoms with Gasteiger partial charge in [0, 0.05) is 5.69 Å². The summed E-state index contributed by atoms with van der Waals surface area (Å²) in [7, 11) is -3.76. The molecule has 0 saturated carbocycles. The third-order valence-corrected chi connectivity index (χ3v) is 6.89. The largest absolute Gasteiger partial charge is 0.493 e. The predicted molar refractivity (Wildman–Crippen MR) is 137 cm³/mol. The minimum atomic E-state index is -3.76. The fraction of sp³-hybridized carbons (Fsp3) is 0.296. The number of sulfonamides is 1. The number of aryl methyl sites for hydroxylation is 2. The van der Waals surface area contributed by atoms with Gasteiger partial charge in [0.2, 0.25) is 0 Å². The highest BCUT2D eigenvalue weighted by Crippen LogP contribution is 2.25. The Hall–Kier alpha value is -3.32. The summed E-state index contributed by atoms with van der Waals surface area (Å²) < 4.78 is 34.2. The van der Waals surface area contributed by atoms with Crippen molar-refractivity contribution >= 4 is 27.3 Å². The average Bonchev–Trinajstić information content (AvgIpc) is 2.82. The molecule has 2 N–H and O–H groups in total. The number of hydrogen-bond donors (Lipinski definition) is 2. The van der Waals surface area contributed by atoms with E-state index in [9.17, 15) is 13.2 Å². The Kier molecular flexibility index (Phi) is 8.71. The summed E-state index contributed by atoms with van der Waals surface area (Å²) in [6.07, 6.45) is 4.35. The molecule has 0 bridgehead atoms. The van der Waals surface area contributed by atoms with Crippen LogP contribution in [-0.4, -0.2) is 20.9 Å². The summed E-state index contributed by atoms with van der Waals surface area (Å²) in [4.78, 5) is 13.0. The van der Waals surface area contributed by atoms with Crippen LogP contribution in [0.4, 0.5) is 11.4 Å². The number of benzene rings is 3.